The largest absolute Gasteiger partial charge is 0.483 e. The fraction of sp³-hybridized carbons (Fsp3) is 0.136. The normalized spacial score (nSPS) is 14.9. The number of nitrogens with zero attached hydrogens (tertiary/aromatic N) is 1. The van der Waals surface area contributed by atoms with Crippen LogP contribution < -0.4 is 10.1 Å². The number of nitrogens with one attached hydrogen (secondary N) is 1. The Labute approximate surface area is 187 Å². The zero-order valence-corrected chi connectivity index (χ0v) is 18.6. The van der Waals surface area contributed by atoms with Crippen molar-refractivity contribution in [1.82, 2.24) is 4.90 Å². The minimum absolute atomic E-state index is 0.147. The van der Waals surface area contributed by atoms with Crippen molar-refractivity contribution in [1.29, 1.82) is 0 Å². The van der Waals surface area contributed by atoms with Crippen LogP contribution in [0.2, 0.25) is 0 Å². The molecule has 0 unspecified atom stereocenters. The van der Waals surface area contributed by atoms with E-state index in [4.69, 9.17) is 4.74 Å². The molecule has 154 valence electrons. The third-order valence-electron chi connectivity index (χ3n) is 4.13. The maximum Gasteiger partial charge on any atom is 0.293 e. The number of aryl methyl sites for hydroxylation is 1. The number of rotatable bonds is 7. The quantitative estimate of drug-likeness (QED) is 0.440. The summed E-state index contributed by atoms with van der Waals surface area (Å²) in [5.41, 5.74) is 2.54. The fourth-order valence-corrected chi connectivity index (χ4v) is 4.00. The molecule has 0 aliphatic carbocycles. The van der Waals surface area contributed by atoms with E-state index in [-0.39, 0.29) is 30.2 Å². The fourth-order valence-electron chi connectivity index (χ4n) is 2.64. The van der Waals surface area contributed by atoms with Crippen molar-refractivity contribution in [3.05, 3.63) is 75.6 Å². The van der Waals surface area contributed by atoms with Crippen LogP contribution in [-0.2, 0) is 9.59 Å². The van der Waals surface area contributed by atoms with Crippen LogP contribution in [0.25, 0.3) is 6.08 Å². The van der Waals surface area contributed by atoms with Crippen LogP contribution in [0, 0.1) is 6.92 Å². The second-order valence-corrected chi connectivity index (χ2v) is 8.32. The molecule has 30 heavy (non-hydrogen) atoms. The number of imide groups is 1. The third kappa shape index (κ3) is 5.40. The first-order valence-corrected chi connectivity index (χ1v) is 10.6. The van der Waals surface area contributed by atoms with Gasteiger partial charge in [0.2, 0.25) is 0 Å². The van der Waals surface area contributed by atoms with Crippen LogP contribution in [0.1, 0.15) is 11.1 Å². The first kappa shape index (κ1) is 21.9. The number of amides is 3. The van der Waals surface area contributed by atoms with Gasteiger partial charge in [-0.1, -0.05) is 29.8 Å². The van der Waals surface area contributed by atoms with Crippen molar-refractivity contribution >= 4 is 56.5 Å². The van der Waals surface area contributed by atoms with Crippen LogP contribution in [0.15, 0.2) is 64.5 Å². The van der Waals surface area contributed by atoms with Gasteiger partial charge in [-0.25, -0.2) is 0 Å². The van der Waals surface area contributed by atoms with Gasteiger partial charge in [0.25, 0.3) is 17.1 Å². The van der Waals surface area contributed by atoms with Crippen molar-refractivity contribution in [2.45, 2.75) is 6.92 Å². The number of halogens is 1. The Bertz CT molecular complexity index is 1030. The zero-order valence-electron chi connectivity index (χ0n) is 16.2. The number of carbonyl (C=O) groups is 3. The number of anilines is 1. The molecule has 6 nitrogen and oxygen atoms in total. The molecule has 0 radical (unpaired) electrons. The Morgan fingerprint density at radius 2 is 1.97 bits per heavy atom. The van der Waals surface area contributed by atoms with Gasteiger partial charge < -0.3 is 10.1 Å². The summed E-state index contributed by atoms with van der Waals surface area (Å²) in [6.45, 7) is 5.57. The zero-order chi connectivity index (χ0) is 21.7. The standard InChI is InChI=1S/C22H19BrN2O4S/c1-3-10-25-21(27)19(30-22(25)28)12-15-6-9-18(17(23)11-15)29-13-20(26)24-16-7-4-14(2)5-8-16/h3-9,11-12H,1,10,13H2,2H3,(H,24,26)/b19-12+. The summed E-state index contributed by atoms with van der Waals surface area (Å²) in [7, 11) is 0. The first-order chi connectivity index (χ1) is 14.4. The molecule has 1 aliphatic heterocycles. The molecule has 8 heteroatoms. The SMILES string of the molecule is C=CCN1C(=O)S/C(=C/c2ccc(OCC(=O)Nc3ccc(C)cc3)c(Br)c2)C1=O. The van der Waals surface area contributed by atoms with Crippen molar-refractivity contribution in [3.63, 3.8) is 0 Å². The van der Waals surface area contributed by atoms with Crippen molar-refractivity contribution in [2.24, 2.45) is 0 Å². The Morgan fingerprint density at radius 1 is 1.23 bits per heavy atom. The Balaban J connectivity index is 1.62. The summed E-state index contributed by atoms with van der Waals surface area (Å²) >= 11 is 4.31. The van der Waals surface area contributed by atoms with Crippen LogP contribution in [-0.4, -0.2) is 35.1 Å². The molecule has 1 heterocycles. The van der Waals surface area contributed by atoms with Crippen molar-refractivity contribution in [2.75, 3.05) is 18.5 Å². The lowest BCUT2D eigenvalue weighted by atomic mass is 10.2. The molecule has 1 saturated heterocycles. The van der Waals surface area contributed by atoms with Crippen molar-refractivity contribution < 1.29 is 19.1 Å². The van der Waals surface area contributed by atoms with E-state index >= 15 is 0 Å². The van der Waals surface area contributed by atoms with Crippen molar-refractivity contribution in [3.8, 4) is 5.75 Å². The van der Waals surface area contributed by atoms with E-state index in [2.05, 4.69) is 27.8 Å². The predicted octanol–water partition coefficient (Wildman–Crippen LogP) is 5.00. The maximum atomic E-state index is 12.3. The molecule has 1 fully saturated rings. The van der Waals surface area contributed by atoms with Gasteiger partial charge in [0.1, 0.15) is 5.75 Å². The van der Waals surface area contributed by atoms with E-state index < -0.39 is 0 Å². The van der Waals surface area contributed by atoms with E-state index in [1.807, 2.05) is 31.2 Å². The number of hydrogen-bond donors (Lipinski definition) is 1. The minimum Gasteiger partial charge on any atom is -0.483 e. The Hall–Kier alpha value is -2.84. The molecule has 0 spiro atoms. The monoisotopic (exact) mass is 486 g/mol. The second-order valence-electron chi connectivity index (χ2n) is 6.47. The molecule has 0 bridgehead atoms. The number of carbonyl (C=O) groups excluding carboxylic acids is 3. The predicted molar refractivity (Wildman–Crippen MR) is 122 cm³/mol. The lowest BCUT2D eigenvalue weighted by Crippen LogP contribution is -2.27. The molecule has 0 atom stereocenters. The number of hydrogen-bond acceptors (Lipinski definition) is 5. The van der Waals surface area contributed by atoms with E-state index in [1.54, 1.807) is 24.3 Å². The van der Waals surface area contributed by atoms with Crippen LogP contribution in [0.5, 0.6) is 5.75 Å². The highest BCUT2D eigenvalue weighted by molar-refractivity contribution is 9.10. The van der Waals surface area contributed by atoms with Crippen LogP contribution in [0.4, 0.5) is 10.5 Å². The average molecular weight is 487 g/mol. The summed E-state index contributed by atoms with van der Waals surface area (Å²) in [5, 5.41) is 2.45. The molecular weight excluding hydrogens is 468 g/mol. The van der Waals surface area contributed by atoms with E-state index in [0.29, 0.717) is 20.8 Å². The molecule has 0 aromatic heterocycles. The molecule has 2 aromatic carbocycles. The molecule has 2 aromatic rings. The van der Waals surface area contributed by atoms with Crippen LogP contribution >= 0.6 is 27.7 Å². The van der Waals surface area contributed by atoms with Gasteiger partial charge in [0, 0.05) is 12.2 Å². The third-order valence-corrected chi connectivity index (χ3v) is 5.66. The van der Waals surface area contributed by atoms with Gasteiger partial charge in [0.15, 0.2) is 6.61 Å². The summed E-state index contributed by atoms with van der Waals surface area (Å²) < 4.78 is 6.21. The number of benzene rings is 2. The maximum absolute atomic E-state index is 12.3. The summed E-state index contributed by atoms with van der Waals surface area (Å²) in [4.78, 5) is 37.8. The van der Waals surface area contributed by atoms with Gasteiger partial charge >= 0.3 is 0 Å². The highest BCUT2D eigenvalue weighted by Gasteiger charge is 2.34. The molecule has 0 saturated carbocycles. The first-order valence-electron chi connectivity index (χ1n) is 9.02. The molecule has 1 N–H and O–H groups in total. The summed E-state index contributed by atoms with van der Waals surface area (Å²) in [5.74, 6) is -0.120. The van der Waals surface area contributed by atoms with E-state index in [1.165, 1.54) is 6.08 Å². The number of ether oxygens (including phenoxy) is 1. The van der Waals surface area contributed by atoms with Crippen LogP contribution in [0.3, 0.4) is 0 Å². The lowest BCUT2D eigenvalue weighted by Gasteiger charge is -2.10. The Morgan fingerprint density at radius 3 is 2.63 bits per heavy atom. The average Bonchev–Trinajstić information content (AvgIpc) is 2.97. The lowest BCUT2D eigenvalue weighted by molar-refractivity contribution is -0.122. The smallest absolute Gasteiger partial charge is 0.293 e. The van der Waals surface area contributed by atoms with Gasteiger partial charge in [-0.3, -0.25) is 19.3 Å². The van der Waals surface area contributed by atoms with E-state index in [0.717, 1.165) is 27.8 Å². The highest BCUT2D eigenvalue weighted by atomic mass is 79.9. The highest BCUT2D eigenvalue weighted by Crippen LogP contribution is 2.33. The molecule has 3 rings (SSSR count). The van der Waals surface area contributed by atoms with Gasteiger partial charge in [-0.15, -0.1) is 6.58 Å². The molecule has 3 amide bonds. The van der Waals surface area contributed by atoms with E-state index in [9.17, 15) is 14.4 Å². The topological polar surface area (TPSA) is 75.7 Å². The summed E-state index contributed by atoms with van der Waals surface area (Å²) in [6.07, 6.45) is 3.16. The van der Waals surface area contributed by atoms with Gasteiger partial charge in [-0.05, 0) is 70.5 Å². The van der Waals surface area contributed by atoms with Gasteiger partial charge in [0.05, 0.1) is 9.38 Å². The second kappa shape index (κ2) is 9.77. The molecule has 1 aliphatic rings. The minimum atomic E-state index is -0.339. The Kier molecular flexibility index (Phi) is 7.12. The summed E-state index contributed by atoms with van der Waals surface area (Å²) in [6, 6.07) is 12.7. The molecular formula is C22H19BrN2O4S. The number of thioether (sulfide) groups is 1. The van der Waals surface area contributed by atoms with Gasteiger partial charge in [-0.2, -0.15) is 0 Å².